The molecule has 98 valence electrons. The van der Waals surface area contributed by atoms with E-state index in [1.54, 1.807) is 7.11 Å². The zero-order valence-corrected chi connectivity index (χ0v) is 10.8. The summed E-state index contributed by atoms with van der Waals surface area (Å²) in [4.78, 5) is 0. The molecule has 1 rings (SSSR count). The van der Waals surface area contributed by atoms with E-state index in [1.807, 2.05) is 18.2 Å². The monoisotopic (exact) mass is 248 g/mol. The van der Waals surface area contributed by atoms with Crippen LogP contribution >= 0.6 is 0 Å². The molecule has 1 aromatic rings. The quantitative estimate of drug-likeness (QED) is 0.710. The summed E-state index contributed by atoms with van der Waals surface area (Å²) in [6.45, 7) is 2.37. The van der Waals surface area contributed by atoms with E-state index in [0.717, 1.165) is 24.0 Å². The third kappa shape index (κ3) is 4.84. The van der Waals surface area contributed by atoms with Crippen LogP contribution in [0.2, 0.25) is 0 Å². The Balaban J connectivity index is 2.66. The van der Waals surface area contributed by atoms with Crippen molar-refractivity contribution in [1.29, 1.82) is 5.26 Å². The lowest BCUT2D eigenvalue weighted by Crippen LogP contribution is -2.06. The van der Waals surface area contributed by atoms with E-state index in [0.29, 0.717) is 31.9 Å². The Hall–Kier alpha value is -1.41. The van der Waals surface area contributed by atoms with Crippen LogP contribution in [0.4, 0.5) is 0 Å². The van der Waals surface area contributed by atoms with Crippen LogP contribution in [0.5, 0.6) is 0 Å². The molecule has 4 heteroatoms. The fourth-order valence-corrected chi connectivity index (χ4v) is 1.69. The molecular weight excluding hydrogens is 228 g/mol. The Kier molecular flexibility index (Phi) is 7.04. The van der Waals surface area contributed by atoms with Crippen molar-refractivity contribution < 1.29 is 9.47 Å². The molecule has 2 N–H and O–H groups in total. The van der Waals surface area contributed by atoms with Gasteiger partial charge in [0.2, 0.25) is 0 Å². The number of nitrogens with zero attached hydrogens (tertiary/aromatic N) is 1. The first-order valence-electron chi connectivity index (χ1n) is 6.10. The van der Waals surface area contributed by atoms with Crippen molar-refractivity contribution in [2.45, 2.75) is 19.4 Å². The van der Waals surface area contributed by atoms with E-state index in [-0.39, 0.29) is 0 Å². The number of nitriles is 1. The van der Waals surface area contributed by atoms with Crippen molar-refractivity contribution in [3.05, 3.63) is 34.9 Å². The van der Waals surface area contributed by atoms with Crippen molar-refractivity contribution >= 4 is 0 Å². The number of hydrogen-bond donors (Lipinski definition) is 1. The standard InChI is InChI=1S/C14H20N2O2/c1-17-7-8-18-11-14-5-4-12(10-16)9-13(14)3-2-6-15/h4-5,9H,2-3,6-8,11,15H2,1H3. The molecule has 0 spiro atoms. The molecule has 0 fully saturated rings. The number of aryl methyl sites for hydroxylation is 1. The Labute approximate surface area is 108 Å². The molecule has 0 saturated heterocycles. The zero-order chi connectivity index (χ0) is 13.2. The summed E-state index contributed by atoms with van der Waals surface area (Å²) in [5.41, 5.74) is 8.48. The largest absolute Gasteiger partial charge is 0.382 e. The molecule has 4 nitrogen and oxygen atoms in total. The van der Waals surface area contributed by atoms with Gasteiger partial charge in [-0.25, -0.2) is 0 Å². The van der Waals surface area contributed by atoms with Crippen LogP contribution in [0.15, 0.2) is 18.2 Å². The third-order valence-corrected chi connectivity index (χ3v) is 2.67. The van der Waals surface area contributed by atoms with Crippen molar-refractivity contribution in [3.8, 4) is 6.07 Å². The number of methoxy groups -OCH3 is 1. The van der Waals surface area contributed by atoms with Crippen LogP contribution in [-0.4, -0.2) is 26.9 Å². The summed E-state index contributed by atoms with van der Waals surface area (Å²) >= 11 is 0. The first-order chi connectivity index (χ1) is 8.81. The van der Waals surface area contributed by atoms with Crippen LogP contribution < -0.4 is 5.73 Å². The molecule has 0 aliphatic carbocycles. The summed E-state index contributed by atoms with van der Waals surface area (Å²) in [5.74, 6) is 0. The van der Waals surface area contributed by atoms with E-state index in [4.69, 9.17) is 20.5 Å². The predicted molar refractivity (Wildman–Crippen MR) is 70.1 cm³/mol. The lowest BCUT2D eigenvalue weighted by atomic mass is 10.0. The SMILES string of the molecule is COCCOCc1ccc(C#N)cc1CCCN. The first-order valence-corrected chi connectivity index (χ1v) is 6.10. The highest BCUT2D eigenvalue weighted by molar-refractivity contribution is 5.38. The normalized spacial score (nSPS) is 10.3. The highest BCUT2D eigenvalue weighted by Gasteiger charge is 2.04. The minimum absolute atomic E-state index is 0.551. The summed E-state index contributed by atoms with van der Waals surface area (Å²) in [7, 11) is 1.65. The minimum Gasteiger partial charge on any atom is -0.382 e. The van der Waals surface area contributed by atoms with Gasteiger partial charge in [0, 0.05) is 7.11 Å². The highest BCUT2D eigenvalue weighted by atomic mass is 16.5. The van der Waals surface area contributed by atoms with Crippen molar-refractivity contribution in [2.24, 2.45) is 5.73 Å². The van der Waals surface area contributed by atoms with Gasteiger partial charge in [-0.15, -0.1) is 0 Å². The van der Waals surface area contributed by atoms with Gasteiger partial charge in [0.1, 0.15) is 0 Å². The van der Waals surface area contributed by atoms with Crippen LogP contribution in [-0.2, 0) is 22.5 Å². The predicted octanol–water partition coefficient (Wildman–Crippen LogP) is 1.61. The van der Waals surface area contributed by atoms with Gasteiger partial charge in [-0.3, -0.25) is 0 Å². The molecule has 0 saturated carbocycles. The number of nitrogens with two attached hydrogens (primary N) is 1. The van der Waals surface area contributed by atoms with Crippen molar-refractivity contribution in [2.75, 3.05) is 26.9 Å². The Bertz CT molecular complexity index is 399. The number of hydrogen-bond acceptors (Lipinski definition) is 4. The fourth-order valence-electron chi connectivity index (χ4n) is 1.69. The summed E-state index contributed by atoms with van der Waals surface area (Å²) in [5, 5.41) is 8.90. The second kappa shape index (κ2) is 8.65. The fraction of sp³-hybridized carbons (Fsp3) is 0.500. The van der Waals surface area contributed by atoms with Gasteiger partial charge < -0.3 is 15.2 Å². The molecule has 0 aliphatic heterocycles. The van der Waals surface area contributed by atoms with E-state index in [9.17, 15) is 0 Å². The molecule has 0 radical (unpaired) electrons. The highest BCUT2D eigenvalue weighted by Crippen LogP contribution is 2.15. The van der Waals surface area contributed by atoms with Crippen LogP contribution in [0.3, 0.4) is 0 Å². The lowest BCUT2D eigenvalue weighted by Gasteiger charge is -2.10. The summed E-state index contributed by atoms with van der Waals surface area (Å²) in [6, 6.07) is 7.85. The molecule has 1 aromatic carbocycles. The van der Waals surface area contributed by atoms with Gasteiger partial charge in [-0.2, -0.15) is 5.26 Å². The Morgan fingerprint density at radius 1 is 1.28 bits per heavy atom. The molecule has 0 unspecified atom stereocenters. The number of ether oxygens (including phenoxy) is 2. The van der Waals surface area contributed by atoms with Gasteiger partial charge in [0.05, 0.1) is 31.5 Å². The smallest absolute Gasteiger partial charge is 0.0991 e. The topological polar surface area (TPSA) is 68.3 Å². The van der Waals surface area contributed by atoms with Crippen LogP contribution in [0.25, 0.3) is 0 Å². The van der Waals surface area contributed by atoms with Gasteiger partial charge in [0.25, 0.3) is 0 Å². The molecule has 0 atom stereocenters. The Morgan fingerprint density at radius 2 is 2.11 bits per heavy atom. The molecule has 0 amide bonds. The molecule has 0 aromatic heterocycles. The molecular formula is C14H20N2O2. The van der Waals surface area contributed by atoms with Crippen LogP contribution in [0, 0.1) is 11.3 Å². The zero-order valence-electron chi connectivity index (χ0n) is 10.8. The van der Waals surface area contributed by atoms with Gasteiger partial charge >= 0.3 is 0 Å². The average Bonchev–Trinajstić information content (AvgIpc) is 2.42. The van der Waals surface area contributed by atoms with Crippen LogP contribution in [0.1, 0.15) is 23.1 Å². The summed E-state index contributed by atoms with van der Waals surface area (Å²) in [6.07, 6.45) is 1.80. The third-order valence-electron chi connectivity index (χ3n) is 2.67. The van der Waals surface area contributed by atoms with E-state index in [2.05, 4.69) is 6.07 Å². The molecule has 0 aliphatic rings. The number of rotatable bonds is 8. The van der Waals surface area contributed by atoms with Crippen molar-refractivity contribution in [3.63, 3.8) is 0 Å². The van der Waals surface area contributed by atoms with E-state index < -0.39 is 0 Å². The first kappa shape index (κ1) is 14.7. The lowest BCUT2D eigenvalue weighted by molar-refractivity contribution is 0.0613. The molecule has 0 bridgehead atoms. The maximum Gasteiger partial charge on any atom is 0.0991 e. The number of benzene rings is 1. The van der Waals surface area contributed by atoms with E-state index in [1.165, 1.54) is 0 Å². The van der Waals surface area contributed by atoms with Gasteiger partial charge in [-0.1, -0.05) is 6.07 Å². The van der Waals surface area contributed by atoms with Gasteiger partial charge in [0.15, 0.2) is 0 Å². The average molecular weight is 248 g/mol. The molecule has 18 heavy (non-hydrogen) atoms. The maximum atomic E-state index is 8.90. The maximum absolute atomic E-state index is 8.90. The summed E-state index contributed by atoms with van der Waals surface area (Å²) < 4.78 is 10.4. The minimum atomic E-state index is 0.551. The van der Waals surface area contributed by atoms with E-state index >= 15 is 0 Å². The van der Waals surface area contributed by atoms with Gasteiger partial charge in [-0.05, 0) is 42.6 Å². The Morgan fingerprint density at radius 3 is 2.78 bits per heavy atom. The second-order valence-corrected chi connectivity index (χ2v) is 4.03. The second-order valence-electron chi connectivity index (χ2n) is 4.03. The van der Waals surface area contributed by atoms with Crippen molar-refractivity contribution in [1.82, 2.24) is 0 Å². The molecule has 0 heterocycles.